The maximum absolute atomic E-state index is 12.6. The van der Waals surface area contributed by atoms with Crippen LogP contribution in [-0.2, 0) is 11.3 Å². The van der Waals surface area contributed by atoms with Crippen LogP contribution in [0.25, 0.3) is 0 Å². The van der Waals surface area contributed by atoms with Crippen LogP contribution in [0.5, 0.6) is 5.75 Å². The Kier molecular flexibility index (Phi) is 6.16. The number of anilines is 2. The lowest BCUT2D eigenvalue weighted by molar-refractivity contribution is -0.121. The molecule has 0 spiro atoms. The quantitative estimate of drug-likeness (QED) is 0.563. The van der Waals surface area contributed by atoms with E-state index in [1.165, 1.54) is 0 Å². The number of amides is 2. The van der Waals surface area contributed by atoms with Gasteiger partial charge in [-0.1, -0.05) is 29.8 Å². The molecule has 0 unspecified atom stereocenters. The highest BCUT2D eigenvalue weighted by Gasteiger charge is 2.27. The first-order chi connectivity index (χ1) is 15.0. The molecule has 6 nitrogen and oxygen atoms in total. The van der Waals surface area contributed by atoms with Crippen LogP contribution in [0.3, 0.4) is 0 Å². The molecular weight excluding hydrogens is 434 g/mol. The largest absolute Gasteiger partial charge is 0.484 e. The summed E-state index contributed by atoms with van der Waals surface area (Å²) in [4.78, 5) is 26.3. The lowest BCUT2D eigenvalue weighted by Crippen LogP contribution is -2.37. The summed E-state index contributed by atoms with van der Waals surface area (Å²) in [5.74, 6) is 0.136. The molecule has 31 heavy (non-hydrogen) atoms. The molecule has 0 bridgehead atoms. The van der Waals surface area contributed by atoms with Crippen LogP contribution in [-0.4, -0.2) is 23.5 Å². The van der Waals surface area contributed by atoms with Gasteiger partial charge in [0.15, 0.2) is 11.7 Å². The number of benzene rings is 3. The Hall–Kier alpha value is -3.42. The van der Waals surface area contributed by atoms with Gasteiger partial charge in [-0.25, -0.2) is 0 Å². The summed E-state index contributed by atoms with van der Waals surface area (Å²) in [5.41, 5.74) is 3.23. The van der Waals surface area contributed by atoms with Gasteiger partial charge in [-0.2, -0.15) is 0 Å². The molecule has 0 aromatic heterocycles. The van der Waals surface area contributed by atoms with E-state index in [1.54, 1.807) is 41.3 Å². The van der Waals surface area contributed by atoms with E-state index in [2.05, 4.69) is 10.6 Å². The number of hydrogen-bond acceptors (Lipinski definition) is 4. The second-order valence-corrected chi connectivity index (χ2v) is 7.68. The van der Waals surface area contributed by atoms with E-state index >= 15 is 0 Å². The molecule has 0 saturated heterocycles. The zero-order valence-corrected chi connectivity index (χ0v) is 17.9. The second kappa shape index (κ2) is 9.16. The molecule has 3 aromatic carbocycles. The predicted molar refractivity (Wildman–Crippen MR) is 125 cm³/mol. The fraction of sp³-hybridized carbons (Fsp3) is 0.0870. The minimum atomic E-state index is -0.385. The molecule has 156 valence electrons. The van der Waals surface area contributed by atoms with Crippen molar-refractivity contribution in [2.45, 2.75) is 6.54 Å². The molecule has 3 aromatic rings. The third-order valence-electron chi connectivity index (χ3n) is 4.69. The molecule has 0 saturated carbocycles. The van der Waals surface area contributed by atoms with Gasteiger partial charge in [0.05, 0.1) is 6.54 Å². The lowest BCUT2D eigenvalue weighted by atomic mass is 10.1. The van der Waals surface area contributed by atoms with Gasteiger partial charge in [0.2, 0.25) is 0 Å². The van der Waals surface area contributed by atoms with Crippen molar-refractivity contribution in [3.05, 3.63) is 88.9 Å². The van der Waals surface area contributed by atoms with Crippen LogP contribution < -0.4 is 20.3 Å². The van der Waals surface area contributed by atoms with Crippen LogP contribution >= 0.6 is 23.8 Å². The van der Waals surface area contributed by atoms with Crippen molar-refractivity contribution in [3.63, 3.8) is 0 Å². The number of thiocarbonyl (C=S) groups is 1. The topological polar surface area (TPSA) is 70.7 Å². The molecule has 2 amide bonds. The zero-order valence-electron chi connectivity index (χ0n) is 16.3. The minimum absolute atomic E-state index is 0.0141. The minimum Gasteiger partial charge on any atom is -0.484 e. The standard InChI is InChI=1S/C23H18ClN3O3S/c24-16-5-11-19(12-6-16)30-14-21(28)26-23(31)25-17-7-9-18(10-8-17)27-13-15-3-1-2-4-20(15)22(27)29/h1-12H,13-14H2,(H2,25,26,28,31). The summed E-state index contributed by atoms with van der Waals surface area (Å²) in [7, 11) is 0. The van der Waals surface area contributed by atoms with E-state index in [0.717, 1.165) is 16.8 Å². The number of rotatable bonds is 5. The van der Waals surface area contributed by atoms with Crippen molar-refractivity contribution in [3.8, 4) is 5.75 Å². The maximum atomic E-state index is 12.6. The molecule has 0 atom stereocenters. The van der Waals surface area contributed by atoms with Gasteiger partial charge in [-0.05, 0) is 72.4 Å². The number of nitrogens with one attached hydrogen (secondary N) is 2. The average Bonchev–Trinajstić information content (AvgIpc) is 3.10. The second-order valence-electron chi connectivity index (χ2n) is 6.84. The molecule has 1 aliphatic heterocycles. The highest BCUT2D eigenvalue weighted by molar-refractivity contribution is 7.80. The Balaban J connectivity index is 1.29. The molecule has 0 fully saturated rings. The van der Waals surface area contributed by atoms with Crippen molar-refractivity contribution >= 4 is 52.1 Å². The van der Waals surface area contributed by atoms with Crippen LogP contribution in [0.2, 0.25) is 5.02 Å². The first-order valence-corrected chi connectivity index (χ1v) is 10.3. The van der Waals surface area contributed by atoms with Crippen molar-refractivity contribution in [1.82, 2.24) is 5.32 Å². The predicted octanol–water partition coefficient (Wildman–Crippen LogP) is 4.39. The van der Waals surface area contributed by atoms with Crippen LogP contribution in [0.4, 0.5) is 11.4 Å². The molecule has 1 aliphatic rings. The Labute approximate surface area is 189 Å². The van der Waals surface area contributed by atoms with E-state index in [4.69, 9.17) is 28.6 Å². The van der Waals surface area contributed by atoms with Gasteiger partial charge in [-0.15, -0.1) is 0 Å². The van der Waals surface area contributed by atoms with Gasteiger partial charge in [0.25, 0.3) is 11.8 Å². The Morgan fingerprint density at radius 2 is 1.74 bits per heavy atom. The number of carbonyl (C=O) groups excluding carboxylic acids is 2. The SMILES string of the molecule is O=C(COc1ccc(Cl)cc1)NC(=S)Nc1ccc(N2Cc3ccccc3C2=O)cc1. The van der Waals surface area contributed by atoms with Crippen molar-refractivity contribution in [2.24, 2.45) is 0 Å². The summed E-state index contributed by atoms with van der Waals surface area (Å²) < 4.78 is 5.39. The van der Waals surface area contributed by atoms with Crippen LogP contribution in [0.15, 0.2) is 72.8 Å². The first-order valence-electron chi connectivity index (χ1n) is 9.48. The van der Waals surface area contributed by atoms with Crippen molar-refractivity contribution in [1.29, 1.82) is 0 Å². The van der Waals surface area contributed by atoms with Crippen molar-refractivity contribution in [2.75, 3.05) is 16.8 Å². The highest BCUT2D eigenvalue weighted by Crippen LogP contribution is 2.28. The number of fused-ring (bicyclic) bond motifs is 1. The first kappa shape index (κ1) is 20.8. The third-order valence-corrected chi connectivity index (χ3v) is 5.15. The summed E-state index contributed by atoms with van der Waals surface area (Å²) >= 11 is 11.0. The van der Waals surface area contributed by atoms with E-state index < -0.39 is 0 Å². The number of carbonyl (C=O) groups is 2. The van der Waals surface area contributed by atoms with Gasteiger partial charge >= 0.3 is 0 Å². The fourth-order valence-electron chi connectivity index (χ4n) is 3.19. The zero-order chi connectivity index (χ0) is 21.8. The summed E-state index contributed by atoms with van der Waals surface area (Å²) in [6.07, 6.45) is 0. The lowest BCUT2D eigenvalue weighted by Gasteiger charge is -2.16. The summed E-state index contributed by atoms with van der Waals surface area (Å²) in [6.45, 7) is 0.365. The van der Waals surface area contributed by atoms with Crippen LogP contribution in [0.1, 0.15) is 15.9 Å². The van der Waals surface area contributed by atoms with E-state index in [1.807, 2.05) is 36.4 Å². The molecular formula is C23H18ClN3O3S. The number of ether oxygens (including phenoxy) is 1. The molecule has 2 N–H and O–H groups in total. The third kappa shape index (κ3) is 5.02. The van der Waals surface area contributed by atoms with Gasteiger partial charge in [0, 0.05) is 22.0 Å². The smallest absolute Gasteiger partial charge is 0.264 e. The monoisotopic (exact) mass is 451 g/mol. The maximum Gasteiger partial charge on any atom is 0.264 e. The van der Waals surface area contributed by atoms with E-state index in [0.29, 0.717) is 23.0 Å². The van der Waals surface area contributed by atoms with Crippen LogP contribution in [0, 0.1) is 0 Å². The number of nitrogens with zero attached hydrogens (tertiary/aromatic N) is 1. The molecule has 0 radical (unpaired) electrons. The average molecular weight is 452 g/mol. The summed E-state index contributed by atoms with van der Waals surface area (Å²) in [5, 5.41) is 6.26. The Morgan fingerprint density at radius 1 is 1.03 bits per heavy atom. The highest BCUT2D eigenvalue weighted by atomic mass is 35.5. The molecule has 4 rings (SSSR count). The molecule has 1 heterocycles. The van der Waals surface area contributed by atoms with Gasteiger partial charge in [-0.3, -0.25) is 14.9 Å². The normalized spacial score (nSPS) is 12.3. The fourth-order valence-corrected chi connectivity index (χ4v) is 3.55. The van der Waals surface area contributed by atoms with E-state index in [9.17, 15) is 9.59 Å². The van der Waals surface area contributed by atoms with Crippen molar-refractivity contribution < 1.29 is 14.3 Å². The van der Waals surface area contributed by atoms with Gasteiger partial charge in [0.1, 0.15) is 5.75 Å². The van der Waals surface area contributed by atoms with E-state index in [-0.39, 0.29) is 23.5 Å². The molecule has 0 aliphatic carbocycles. The molecule has 8 heteroatoms. The number of hydrogen-bond donors (Lipinski definition) is 2. The Morgan fingerprint density at radius 3 is 2.45 bits per heavy atom. The number of halogens is 1. The summed E-state index contributed by atoms with van der Waals surface area (Å²) in [6, 6.07) is 21.6. The Bertz CT molecular complexity index is 1130. The van der Waals surface area contributed by atoms with Gasteiger partial charge < -0.3 is 15.0 Å².